The van der Waals surface area contributed by atoms with Gasteiger partial charge in [0.25, 0.3) is 0 Å². The van der Waals surface area contributed by atoms with Gasteiger partial charge in [-0.3, -0.25) is 4.79 Å². The molecular formula is C17H26N2O. The molecule has 110 valence electrons. The van der Waals surface area contributed by atoms with E-state index in [0.29, 0.717) is 25.5 Å². The van der Waals surface area contributed by atoms with Crippen molar-refractivity contribution in [1.29, 1.82) is 0 Å². The third-order valence-electron chi connectivity index (χ3n) is 4.59. The maximum atomic E-state index is 13.0. The summed E-state index contributed by atoms with van der Waals surface area (Å²) in [4.78, 5) is 14.9. The summed E-state index contributed by atoms with van der Waals surface area (Å²) in [5.74, 6) is 0.312. The van der Waals surface area contributed by atoms with Gasteiger partial charge in [0.2, 0.25) is 5.91 Å². The van der Waals surface area contributed by atoms with Crippen molar-refractivity contribution in [2.75, 3.05) is 13.1 Å². The molecule has 0 aliphatic heterocycles. The number of nitrogens with two attached hydrogens (primary N) is 1. The zero-order valence-electron chi connectivity index (χ0n) is 12.5. The molecule has 1 amide bonds. The molecule has 3 nitrogen and oxygen atoms in total. The van der Waals surface area contributed by atoms with Crippen LogP contribution in [0, 0.1) is 5.41 Å². The second-order valence-electron chi connectivity index (χ2n) is 5.84. The topological polar surface area (TPSA) is 46.3 Å². The number of nitrogens with zero attached hydrogens (tertiary/aromatic N) is 1. The summed E-state index contributed by atoms with van der Waals surface area (Å²) in [5, 5.41) is 0. The Hall–Kier alpha value is -1.35. The van der Waals surface area contributed by atoms with E-state index in [-0.39, 0.29) is 5.41 Å². The van der Waals surface area contributed by atoms with Crippen LogP contribution in [-0.2, 0) is 11.3 Å². The number of benzene rings is 1. The lowest BCUT2D eigenvalue weighted by molar-refractivity contribution is -0.142. The molecule has 0 atom stereocenters. The van der Waals surface area contributed by atoms with Crippen LogP contribution >= 0.6 is 0 Å². The Kier molecular flexibility index (Phi) is 5.18. The predicted octanol–water partition coefficient (Wildman–Crippen LogP) is 2.94. The van der Waals surface area contributed by atoms with Crippen LogP contribution < -0.4 is 5.73 Å². The van der Waals surface area contributed by atoms with Crippen LogP contribution in [0.3, 0.4) is 0 Å². The van der Waals surface area contributed by atoms with Gasteiger partial charge < -0.3 is 10.6 Å². The van der Waals surface area contributed by atoms with Gasteiger partial charge in [-0.15, -0.1) is 0 Å². The van der Waals surface area contributed by atoms with Gasteiger partial charge in [0.1, 0.15) is 0 Å². The Labute approximate surface area is 122 Å². The Morgan fingerprint density at radius 1 is 1.25 bits per heavy atom. The highest BCUT2D eigenvalue weighted by atomic mass is 16.2. The minimum atomic E-state index is -0.121. The molecule has 1 saturated carbocycles. The van der Waals surface area contributed by atoms with Crippen LogP contribution in [0.1, 0.15) is 44.6 Å². The second-order valence-corrected chi connectivity index (χ2v) is 5.84. The van der Waals surface area contributed by atoms with Gasteiger partial charge in [0.05, 0.1) is 0 Å². The summed E-state index contributed by atoms with van der Waals surface area (Å²) in [5.41, 5.74) is 6.77. The second kappa shape index (κ2) is 6.89. The highest BCUT2D eigenvalue weighted by Crippen LogP contribution is 2.42. The lowest BCUT2D eigenvalue weighted by atomic mass is 9.81. The van der Waals surface area contributed by atoms with E-state index in [9.17, 15) is 4.79 Å². The van der Waals surface area contributed by atoms with Crippen molar-refractivity contribution in [2.24, 2.45) is 11.1 Å². The van der Waals surface area contributed by atoms with Crippen LogP contribution in [-0.4, -0.2) is 23.9 Å². The summed E-state index contributed by atoms with van der Waals surface area (Å²) in [6, 6.07) is 10.2. The van der Waals surface area contributed by atoms with Crippen molar-refractivity contribution in [3.63, 3.8) is 0 Å². The molecule has 1 aliphatic rings. The lowest BCUT2D eigenvalue weighted by Gasteiger charge is -2.33. The molecular weight excluding hydrogens is 248 g/mol. The van der Waals surface area contributed by atoms with Crippen molar-refractivity contribution in [2.45, 2.75) is 45.6 Å². The Balaban J connectivity index is 2.13. The largest absolute Gasteiger partial charge is 0.337 e. The average molecular weight is 274 g/mol. The lowest BCUT2D eigenvalue weighted by Crippen LogP contribution is -2.44. The van der Waals surface area contributed by atoms with Gasteiger partial charge in [0, 0.05) is 25.0 Å². The molecule has 0 spiro atoms. The summed E-state index contributed by atoms with van der Waals surface area (Å²) in [6.45, 7) is 4.00. The molecule has 1 fully saturated rings. The first-order valence-electron chi connectivity index (χ1n) is 7.75. The molecule has 20 heavy (non-hydrogen) atoms. The average Bonchev–Trinajstić information content (AvgIpc) is 2.97. The van der Waals surface area contributed by atoms with Gasteiger partial charge in [-0.25, -0.2) is 0 Å². The minimum Gasteiger partial charge on any atom is -0.337 e. The number of carbonyl (C=O) groups excluding carboxylic acids is 1. The van der Waals surface area contributed by atoms with Crippen molar-refractivity contribution in [3.05, 3.63) is 35.9 Å². The number of carbonyl (C=O) groups is 1. The highest BCUT2D eigenvalue weighted by Gasteiger charge is 2.41. The molecule has 0 heterocycles. The van der Waals surface area contributed by atoms with E-state index in [2.05, 4.69) is 19.1 Å². The Morgan fingerprint density at radius 3 is 2.45 bits per heavy atom. The zero-order valence-corrected chi connectivity index (χ0v) is 12.5. The first-order chi connectivity index (χ1) is 9.72. The van der Waals surface area contributed by atoms with Crippen LogP contribution in [0.4, 0.5) is 0 Å². The summed E-state index contributed by atoms with van der Waals surface area (Å²) in [7, 11) is 0. The highest BCUT2D eigenvalue weighted by molar-refractivity contribution is 5.83. The fourth-order valence-electron chi connectivity index (χ4n) is 3.32. The normalized spacial score (nSPS) is 17.1. The van der Waals surface area contributed by atoms with Gasteiger partial charge >= 0.3 is 0 Å². The van der Waals surface area contributed by atoms with Crippen molar-refractivity contribution in [3.8, 4) is 0 Å². The molecule has 0 saturated heterocycles. The minimum absolute atomic E-state index is 0.121. The monoisotopic (exact) mass is 274 g/mol. The summed E-state index contributed by atoms with van der Waals surface area (Å²) in [6.07, 6.45) is 5.39. The molecule has 1 aromatic carbocycles. The van der Waals surface area contributed by atoms with E-state index >= 15 is 0 Å². The van der Waals surface area contributed by atoms with Crippen LogP contribution in [0.15, 0.2) is 30.3 Å². The van der Waals surface area contributed by atoms with Crippen molar-refractivity contribution in [1.82, 2.24) is 4.90 Å². The molecule has 1 aromatic rings. The number of hydrogen-bond donors (Lipinski definition) is 1. The van der Waals surface area contributed by atoms with E-state index in [4.69, 9.17) is 5.73 Å². The summed E-state index contributed by atoms with van der Waals surface area (Å²) >= 11 is 0. The zero-order chi connectivity index (χ0) is 14.4. The summed E-state index contributed by atoms with van der Waals surface area (Å²) < 4.78 is 0. The SMILES string of the molecule is CCC1(C(=O)N(CCN)Cc2ccccc2)CCCC1. The van der Waals surface area contributed by atoms with Gasteiger partial charge in [0.15, 0.2) is 0 Å². The quantitative estimate of drug-likeness (QED) is 0.867. The van der Waals surface area contributed by atoms with Crippen LogP contribution in [0.5, 0.6) is 0 Å². The maximum Gasteiger partial charge on any atom is 0.229 e. The predicted molar refractivity (Wildman–Crippen MR) is 82.1 cm³/mol. The van der Waals surface area contributed by atoms with Gasteiger partial charge in [-0.1, -0.05) is 50.1 Å². The molecule has 0 aromatic heterocycles. The van der Waals surface area contributed by atoms with E-state index in [1.54, 1.807) is 0 Å². The fraction of sp³-hybridized carbons (Fsp3) is 0.588. The maximum absolute atomic E-state index is 13.0. The molecule has 1 aliphatic carbocycles. The number of rotatable bonds is 6. The number of amides is 1. The van der Waals surface area contributed by atoms with E-state index in [1.807, 2.05) is 23.1 Å². The smallest absolute Gasteiger partial charge is 0.229 e. The molecule has 0 unspecified atom stereocenters. The van der Waals surface area contributed by atoms with Crippen LogP contribution in [0.25, 0.3) is 0 Å². The number of hydrogen-bond acceptors (Lipinski definition) is 2. The van der Waals surface area contributed by atoms with E-state index in [1.165, 1.54) is 18.4 Å². The third kappa shape index (κ3) is 3.21. The molecule has 3 heteroatoms. The van der Waals surface area contributed by atoms with Gasteiger partial charge in [-0.05, 0) is 24.8 Å². The molecule has 2 rings (SSSR count). The van der Waals surface area contributed by atoms with E-state index in [0.717, 1.165) is 19.3 Å². The van der Waals surface area contributed by atoms with Gasteiger partial charge in [-0.2, -0.15) is 0 Å². The first kappa shape index (κ1) is 15.0. The van der Waals surface area contributed by atoms with Crippen molar-refractivity contribution < 1.29 is 4.79 Å². The molecule has 0 radical (unpaired) electrons. The van der Waals surface area contributed by atoms with Crippen LogP contribution in [0.2, 0.25) is 0 Å². The van der Waals surface area contributed by atoms with Crippen molar-refractivity contribution >= 4 is 5.91 Å². The van der Waals surface area contributed by atoms with E-state index < -0.39 is 0 Å². The Morgan fingerprint density at radius 2 is 1.90 bits per heavy atom. The molecule has 2 N–H and O–H groups in total. The molecule has 0 bridgehead atoms. The first-order valence-corrected chi connectivity index (χ1v) is 7.75. The Bertz CT molecular complexity index is 424. The standard InChI is InChI=1S/C17H26N2O/c1-2-17(10-6-7-11-17)16(20)19(13-12-18)14-15-8-4-3-5-9-15/h3-5,8-9H,2,6-7,10-14,18H2,1H3. The third-order valence-corrected chi connectivity index (χ3v) is 4.59. The fourth-order valence-corrected chi connectivity index (χ4v) is 3.32.